The summed E-state index contributed by atoms with van der Waals surface area (Å²) in [5.41, 5.74) is 0. The molecule has 1 saturated heterocycles. The molecule has 0 radical (unpaired) electrons. The first kappa shape index (κ1) is 9.00. The van der Waals surface area contributed by atoms with E-state index in [1.54, 1.807) is 0 Å². The molecule has 13 heavy (non-hydrogen) atoms. The van der Waals surface area contributed by atoms with E-state index in [0.29, 0.717) is 23.8 Å². The Morgan fingerprint density at radius 3 is 2.69 bits per heavy atom. The van der Waals surface area contributed by atoms with Gasteiger partial charge < -0.3 is 10.2 Å². The first-order valence-electron chi connectivity index (χ1n) is 5.21. The number of piperazine rings is 1. The number of nitrogens with one attached hydrogen (secondary N) is 1. The summed E-state index contributed by atoms with van der Waals surface area (Å²) < 4.78 is 0. The highest BCUT2D eigenvalue weighted by molar-refractivity contribution is 5.82. The largest absolute Gasteiger partial charge is 0.337 e. The molecule has 1 aliphatic heterocycles. The second-order valence-electron chi connectivity index (χ2n) is 4.40. The zero-order chi connectivity index (χ0) is 9.42. The van der Waals surface area contributed by atoms with Crippen molar-refractivity contribution in [2.75, 3.05) is 19.6 Å². The van der Waals surface area contributed by atoms with Crippen LogP contribution in [-0.4, -0.2) is 36.5 Å². The van der Waals surface area contributed by atoms with Crippen LogP contribution in [0.3, 0.4) is 0 Å². The third-order valence-corrected chi connectivity index (χ3v) is 3.21. The third-order valence-electron chi connectivity index (χ3n) is 3.21. The van der Waals surface area contributed by atoms with Crippen molar-refractivity contribution < 1.29 is 4.79 Å². The zero-order valence-electron chi connectivity index (χ0n) is 8.42. The summed E-state index contributed by atoms with van der Waals surface area (Å²) >= 11 is 0. The molecule has 2 fully saturated rings. The lowest BCUT2D eigenvalue weighted by Gasteiger charge is -2.34. The van der Waals surface area contributed by atoms with E-state index in [0.717, 1.165) is 26.1 Å². The predicted octanol–water partition coefficient (Wildman–Crippen LogP) is 0.463. The molecular formula is C10H18N2O. The van der Waals surface area contributed by atoms with Crippen molar-refractivity contribution in [3.63, 3.8) is 0 Å². The highest BCUT2D eigenvalue weighted by Crippen LogP contribution is 2.39. The van der Waals surface area contributed by atoms with Crippen LogP contribution in [0.5, 0.6) is 0 Å². The highest BCUT2D eigenvalue weighted by Gasteiger charge is 2.42. The average molecular weight is 182 g/mol. The summed E-state index contributed by atoms with van der Waals surface area (Å²) in [5.74, 6) is 1.37. The van der Waals surface area contributed by atoms with E-state index in [4.69, 9.17) is 0 Å². The van der Waals surface area contributed by atoms with Crippen molar-refractivity contribution >= 4 is 5.91 Å². The Morgan fingerprint density at radius 2 is 2.15 bits per heavy atom. The van der Waals surface area contributed by atoms with E-state index >= 15 is 0 Å². The normalized spacial score (nSPS) is 38.9. The summed E-state index contributed by atoms with van der Waals surface area (Å²) in [6.45, 7) is 7.08. The molecule has 1 saturated carbocycles. The summed E-state index contributed by atoms with van der Waals surface area (Å²) in [7, 11) is 0. The molecule has 0 aromatic carbocycles. The minimum atomic E-state index is 0.348. The van der Waals surface area contributed by atoms with E-state index in [1.807, 2.05) is 4.90 Å². The Morgan fingerprint density at radius 1 is 1.46 bits per heavy atom. The monoisotopic (exact) mass is 182 g/mol. The van der Waals surface area contributed by atoms with Crippen molar-refractivity contribution in [1.82, 2.24) is 10.2 Å². The Kier molecular flexibility index (Phi) is 2.28. The van der Waals surface area contributed by atoms with Gasteiger partial charge in [0.2, 0.25) is 5.91 Å². The third kappa shape index (κ3) is 1.70. The van der Waals surface area contributed by atoms with Crippen molar-refractivity contribution in [3.05, 3.63) is 0 Å². The molecule has 0 aromatic heterocycles. The van der Waals surface area contributed by atoms with Gasteiger partial charge in [-0.3, -0.25) is 4.79 Å². The van der Waals surface area contributed by atoms with Crippen molar-refractivity contribution in [2.24, 2.45) is 11.8 Å². The SMILES string of the molecule is CC1CC1C(=O)N1CCNCC1C. The molecule has 2 rings (SSSR count). The molecule has 3 unspecified atom stereocenters. The van der Waals surface area contributed by atoms with Crippen LogP contribution in [0.15, 0.2) is 0 Å². The first-order chi connectivity index (χ1) is 6.20. The lowest BCUT2D eigenvalue weighted by molar-refractivity contribution is -0.135. The van der Waals surface area contributed by atoms with Gasteiger partial charge in [-0.15, -0.1) is 0 Å². The minimum Gasteiger partial charge on any atom is -0.337 e. The van der Waals surface area contributed by atoms with E-state index in [2.05, 4.69) is 19.2 Å². The Bertz CT molecular complexity index is 217. The van der Waals surface area contributed by atoms with Gasteiger partial charge in [-0.05, 0) is 19.3 Å². The van der Waals surface area contributed by atoms with E-state index in [-0.39, 0.29) is 0 Å². The van der Waals surface area contributed by atoms with Crippen LogP contribution in [0.4, 0.5) is 0 Å². The topological polar surface area (TPSA) is 32.3 Å². The molecule has 3 heteroatoms. The van der Waals surface area contributed by atoms with Crippen LogP contribution in [-0.2, 0) is 4.79 Å². The maximum absolute atomic E-state index is 11.9. The Labute approximate surface area is 79.5 Å². The van der Waals surface area contributed by atoms with Crippen LogP contribution in [0.1, 0.15) is 20.3 Å². The van der Waals surface area contributed by atoms with Gasteiger partial charge in [0.1, 0.15) is 0 Å². The number of carbonyl (C=O) groups is 1. The second-order valence-corrected chi connectivity index (χ2v) is 4.40. The Balaban J connectivity index is 1.94. The minimum absolute atomic E-state index is 0.348. The average Bonchev–Trinajstić information content (AvgIpc) is 2.82. The standard InChI is InChI=1S/C10H18N2O/c1-7-5-9(7)10(13)12-4-3-11-6-8(12)2/h7-9,11H,3-6H2,1-2H3. The summed E-state index contributed by atoms with van der Waals surface area (Å²) in [6.07, 6.45) is 1.11. The molecule has 0 aromatic rings. The van der Waals surface area contributed by atoms with E-state index in [1.165, 1.54) is 0 Å². The molecule has 3 atom stereocenters. The van der Waals surface area contributed by atoms with E-state index < -0.39 is 0 Å². The van der Waals surface area contributed by atoms with Gasteiger partial charge in [-0.1, -0.05) is 6.92 Å². The van der Waals surface area contributed by atoms with Gasteiger partial charge in [0, 0.05) is 31.6 Å². The molecule has 0 spiro atoms. The number of hydrogen-bond donors (Lipinski definition) is 1. The fourth-order valence-electron chi connectivity index (χ4n) is 2.05. The smallest absolute Gasteiger partial charge is 0.226 e. The van der Waals surface area contributed by atoms with Crippen LogP contribution in [0.25, 0.3) is 0 Å². The molecule has 3 nitrogen and oxygen atoms in total. The number of hydrogen-bond acceptors (Lipinski definition) is 2. The van der Waals surface area contributed by atoms with Crippen molar-refractivity contribution in [3.8, 4) is 0 Å². The number of amides is 1. The molecule has 2 aliphatic rings. The van der Waals surface area contributed by atoms with Gasteiger partial charge in [-0.2, -0.15) is 0 Å². The number of carbonyl (C=O) groups excluding carboxylic acids is 1. The number of nitrogens with zero attached hydrogens (tertiary/aromatic N) is 1. The molecule has 1 heterocycles. The van der Waals surface area contributed by atoms with Crippen molar-refractivity contribution in [2.45, 2.75) is 26.3 Å². The molecule has 1 aliphatic carbocycles. The zero-order valence-corrected chi connectivity index (χ0v) is 8.42. The molecule has 0 bridgehead atoms. The van der Waals surface area contributed by atoms with Gasteiger partial charge in [0.25, 0.3) is 0 Å². The van der Waals surface area contributed by atoms with Gasteiger partial charge >= 0.3 is 0 Å². The molecular weight excluding hydrogens is 164 g/mol. The first-order valence-corrected chi connectivity index (χ1v) is 5.21. The summed E-state index contributed by atoms with van der Waals surface area (Å²) in [5, 5.41) is 3.30. The summed E-state index contributed by atoms with van der Waals surface area (Å²) in [4.78, 5) is 13.9. The van der Waals surface area contributed by atoms with Gasteiger partial charge in [0.15, 0.2) is 0 Å². The van der Waals surface area contributed by atoms with E-state index in [9.17, 15) is 4.79 Å². The maximum atomic E-state index is 11.9. The fraction of sp³-hybridized carbons (Fsp3) is 0.900. The van der Waals surface area contributed by atoms with Crippen LogP contribution < -0.4 is 5.32 Å². The van der Waals surface area contributed by atoms with Crippen LogP contribution in [0, 0.1) is 11.8 Å². The highest BCUT2D eigenvalue weighted by atomic mass is 16.2. The Hall–Kier alpha value is -0.570. The van der Waals surface area contributed by atoms with Gasteiger partial charge in [0.05, 0.1) is 0 Å². The lowest BCUT2D eigenvalue weighted by Crippen LogP contribution is -2.52. The fourth-order valence-corrected chi connectivity index (χ4v) is 2.05. The molecule has 1 amide bonds. The second kappa shape index (κ2) is 3.29. The summed E-state index contributed by atoms with van der Waals surface area (Å²) in [6, 6.07) is 0.383. The van der Waals surface area contributed by atoms with Crippen LogP contribution >= 0.6 is 0 Å². The van der Waals surface area contributed by atoms with Crippen LogP contribution in [0.2, 0.25) is 0 Å². The quantitative estimate of drug-likeness (QED) is 0.639. The maximum Gasteiger partial charge on any atom is 0.226 e. The predicted molar refractivity (Wildman–Crippen MR) is 51.3 cm³/mol. The van der Waals surface area contributed by atoms with Gasteiger partial charge in [-0.25, -0.2) is 0 Å². The molecule has 1 N–H and O–H groups in total. The number of rotatable bonds is 1. The molecule has 74 valence electrons. The lowest BCUT2D eigenvalue weighted by atomic mass is 10.2. The van der Waals surface area contributed by atoms with Crippen molar-refractivity contribution in [1.29, 1.82) is 0 Å².